The normalized spacial score (nSPS) is 11.5. The second kappa shape index (κ2) is 12.3. The Hall–Kier alpha value is -3.44. The van der Waals surface area contributed by atoms with Gasteiger partial charge in [0.25, 0.3) is 0 Å². The SMILES string of the molecule is CN(C)CCOCCOc1cc(CNc2nc(F)ccc2Nc2cccc(C(F)(F)F)c2)ccn1. The van der Waals surface area contributed by atoms with Crippen LogP contribution in [0.25, 0.3) is 0 Å². The summed E-state index contributed by atoms with van der Waals surface area (Å²) in [6, 6.07) is 10.7. The molecule has 0 aliphatic heterocycles. The van der Waals surface area contributed by atoms with Crippen LogP contribution in [0.15, 0.2) is 54.7 Å². The summed E-state index contributed by atoms with van der Waals surface area (Å²) in [4.78, 5) is 10.0. The first-order valence-corrected chi connectivity index (χ1v) is 10.9. The second-order valence-corrected chi connectivity index (χ2v) is 7.85. The van der Waals surface area contributed by atoms with Crippen LogP contribution in [0.5, 0.6) is 5.88 Å². The van der Waals surface area contributed by atoms with Gasteiger partial charge < -0.3 is 25.0 Å². The number of rotatable bonds is 12. The summed E-state index contributed by atoms with van der Waals surface area (Å²) < 4.78 is 63.9. The number of nitrogens with one attached hydrogen (secondary N) is 2. The first kappa shape index (κ1) is 26.2. The number of benzene rings is 1. The maximum atomic E-state index is 13.8. The summed E-state index contributed by atoms with van der Waals surface area (Å²) >= 11 is 0. The molecular weight excluding hydrogens is 466 g/mol. The molecule has 0 atom stereocenters. The van der Waals surface area contributed by atoms with E-state index in [0.29, 0.717) is 31.4 Å². The predicted molar refractivity (Wildman–Crippen MR) is 125 cm³/mol. The highest BCUT2D eigenvalue weighted by Gasteiger charge is 2.30. The van der Waals surface area contributed by atoms with Crippen LogP contribution in [0.4, 0.5) is 34.8 Å². The topological polar surface area (TPSA) is 71.5 Å². The quantitative estimate of drug-likeness (QED) is 0.210. The highest BCUT2D eigenvalue weighted by Crippen LogP contribution is 2.32. The van der Waals surface area contributed by atoms with Crippen molar-refractivity contribution in [2.45, 2.75) is 12.7 Å². The third-order valence-corrected chi connectivity index (χ3v) is 4.75. The van der Waals surface area contributed by atoms with Crippen molar-refractivity contribution in [1.29, 1.82) is 0 Å². The van der Waals surface area contributed by atoms with Gasteiger partial charge in [0.2, 0.25) is 11.8 Å². The summed E-state index contributed by atoms with van der Waals surface area (Å²) in [5, 5.41) is 5.87. The fourth-order valence-electron chi connectivity index (χ4n) is 2.98. The van der Waals surface area contributed by atoms with Crippen molar-refractivity contribution < 1.29 is 27.0 Å². The minimum Gasteiger partial charge on any atom is -0.475 e. The average Bonchev–Trinajstić information content (AvgIpc) is 2.81. The number of nitrogens with zero attached hydrogens (tertiary/aromatic N) is 3. The molecule has 35 heavy (non-hydrogen) atoms. The van der Waals surface area contributed by atoms with Gasteiger partial charge in [-0.25, -0.2) is 9.97 Å². The van der Waals surface area contributed by atoms with E-state index in [4.69, 9.17) is 9.47 Å². The number of pyridine rings is 2. The van der Waals surface area contributed by atoms with E-state index < -0.39 is 17.7 Å². The molecule has 2 heterocycles. The number of ether oxygens (including phenoxy) is 2. The van der Waals surface area contributed by atoms with E-state index in [1.54, 1.807) is 18.3 Å². The Morgan fingerprint density at radius 1 is 1.00 bits per heavy atom. The Bertz CT molecular complexity index is 1100. The van der Waals surface area contributed by atoms with Crippen molar-refractivity contribution in [1.82, 2.24) is 14.9 Å². The van der Waals surface area contributed by atoms with Gasteiger partial charge in [-0.1, -0.05) is 6.07 Å². The summed E-state index contributed by atoms with van der Waals surface area (Å²) in [5.74, 6) is -0.166. The van der Waals surface area contributed by atoms with E-state index in [2.05, 4.69) is 20.6 Å². The molecule has 2 aromatic heterocycles. The van der Waals surface area contributed by atoms with E-state index in [1.165, 1.54) is 18.2 Å². The van der Waals surface area contributed by atoms with Crippen LogP contribution < -0.4 is 15.4 Å². The van der Waals surface area contributed by atoms with Gasteiger partial charge in [0.05, 0.1) is 24.5 Å². The standard InChI is InChI=1S/C24H27F4N5O2/c1-33(2)10-11-34-12-13-35-22-14-17(8-9-29-22)16-30-23-20(6-7-21(25)32-23)31-19-5-3-4-18(15-19)24(26,27)28/h3-9,14-15,31H,10-13,16H2,1-2H3,(H,30,32). The number of likely N-dealkylation sites (N-methyl/N-ethyl adjacent to an activating group) is 1. The average molecular weight is 494 g/mol. The van der Waals surface area contributed by atoms with Gasteiger partial charge in [0.1, 0.15) is 6.61 Å². The molecule has 0 radical (unpaired) electrons. The molecule has 11 heteroatoms. The summed E-state index contributed by atoms with van der Waals surface area (Å²) in [7, 11) is 3.93. The number of hydrogen-bond acceptors (Lipinski definition) is 7. The van der Waals surface area contributed by atoms with Gasteiger partial charge in [0.15, 0.2) is 5.82 Å². The largest absolute Gasteiger partial charge is 0.475 e. The first-order chi connectivity index (χ1) is 16.7. The lowest BCUT2D eigenvalue weighted by Crippen LogP contribution is -2.19. The zero-order valence-corrected chi connectivity index (χ0v) is 19.4. The number of halogens is 4. The summed E-state index contributed by atoms with van der Waals surface area (Å²) in [6.07, 6.45) is -2.89. The third kappa shape index (κ3) is 8.69. The van der Waals surface area contributed by atoms with Crippen LogP contribution in [0, 0.1) is 5.95 Å². The number of alkyl halides is 3. The summed E-state index contributed by atoms with van der Waals surface area (Å²) in [5.41, 5.74) is 0.522. The van der Waals surface area contributed by atoms with Crippen LogP contribution in [0.3, 0.4) is 0 Å². The smallest absolute Gasteiger partial charge is 0.416 e. The minimum absolute atomic E-state index is 0.149. The van der Waals surface area contributed by atoms with Crippen molar-refractivity contribution in [2.24, 2.45) is 0 Å². The fraction of sp³-hybridized carbons (Fsp3) is 0.333. The molecule has 0 fully saturated rings. The van der Waals surface area contributed by atoms with Crippen molar-refractivity contribution in [2.75, 3.05) is 51.1 Å². The molecular formula is C24H27F4N5O2. The Labute approximate surface area is 201 Å². The molecule has 7 nitrogen and oxygen atoms in total. The van der Waals surface area contributed by atoms with Crippen molar-refractivity contribution in [3.63, 3.8) is 0 Å². The van der Waals surface area contributed by atoms with E-state index in [9.17, 15) is 17.6 Å². The Kier molecular flexibility index (Phi) is 9.21. The Morgan fingerprint density at radius 2 is 1.83 bits per heavy atom. The molecule has 0 saturated heterocycles. The molecule has 0 spiro atoms. The highest BCUT2D eigenvalue weighted by atomic mass is 19.4. The zero-order chi connectivity index (χ0) is 25.3. The van der Waals surface area contributed by atoms with Crippen molar-refractivity contribution in [3.8, 4) is 5.88 Å². The van der Waals surface area contributed by atoms with Crippen LogP contribution in [0.2, 0.25) is 0 Å². The predicted octanol–water partition coefficient (Wildman–Crippen LogP) is 4.95. The molecule has 0 aliphatic carbocycles. The Balaban J connectivity index is 1.60. The molecule has 3 aromatic rings. The lowest BCUT2D eigenvalue weighted by atomic mass is 10.2. The molecule has 3 rings (SSSR count). The molecule has 0 unspecified atom stereocenters. The Morgan fingerprint density at radius 3 is 2.60 bits per heavy atom. The van der Waals surface area contributed by atoms with Gasteiger partial charge in [-0.2, -0.15) is 17.6 Å². The highest BCUT2D eigenvalue weighted by molar-refractivity contribution is 5.71. The molecule has 0 aliphatic rings. The third-order valence-electron chi connectivity index (χ3n) is 4.75. The molecule has 1 aromatic carbocycles. The summed E-state index contributed by atoms with van der Waals surface area (Å²) in [6.45, 7) is 2.44. The van der Waals surface area contributed by atoms with Crippen molar-refractivity contribution >= 4 is 17.2 Å². The molecule has 0 amide bonds. The number of anilines is 3. The molecule has 188 valence electrons. The van der Waals surface area contributed by atoms with Crippen molar-refractivity contribution in [3.05, 3.63) is 71.8 Å². The molecule has 0 saturated carbocycles. The van der Waals surface area contributed by atoms with Crippen LogP contribution >= 0.6 is 0 Å². The van der Waals surface area contributed by atoms with E-state index in [-0.39, 0.29) is 18.1 Å². The van der Waals surface area contributed by atoms with Crippen LogP contribution in [-0.4, -0.2) is 55.3 Å². The van der Waals surface area contributed by atoms with Gasteiger partial charge in [-0.05, 0) is 56.1 Å². The maximum Gasteiger partial charge on any atom is 0.416 e. The van der Waals surface area contributed by atoms with Gasteiger partial charge in [-0.3, -0.25) is 0 Å². The fourth-order valence-corrected chi connectivity index (χ4v) is 2.98. The maximum absolute atomic E-state index is 13.8. The number of hydrogen-bond donors (Lipinski definition) is 2. The zero-order valence-electron chi connectivity index (χ0n) is 19.4. The van der Waals surface area contributed by atoms with Crippen LogP contribution in [-0.2, 0) is 17.5 Å². The monoisotopic (exact) mass is 493 g/mol. The van der Waals surface area contributed by atoms with E-state index in [0.717, 1.165) is 30.3 Å². The minimum atomic E-state index is -4.47. The van der Waals surface area contributed by atoms with Crippen LogP contribution in [0.1, 0.15) is 11.1 Å². The molecule has 0 bridgehead atoms. The second-order valence-electron chi connectivity index (χ2n) is 7.85. The lowest BCUT2D eigenvalue weighted by molar-refractivity contribution is -0.137. The van der Waals surface area contributed by atoms with Gasteiger partial charge >= 0.3 is 6.18 Å². The first-order valence-electron chi connectivity index (χ1n) is 10.9. The number of aromatic nitrogens is 2. The van der Waals surface area contributed by atoms with Gasteiger partial charge in [0, 0.05) is 31.0 Å². The van der Waals surface area contributed by atoms with E-state index >= 15 is 0 Å². The van der Waals surface area contributed by atoms with Gasteiger partial charge in [-0.15, -0.1) is 0 Å². The van der Waals surface area contributed by atoms with E-state index in [1.807, 2.05) is 19.0 Å². The lowest BCUT2D eigenvalue weighted by Gasteiger charge is -2.15. The molecule has 2 N–H and O–H groups in total.